The van der Waals surface area contributed by atoms with Crippen molar-refractivity contribution in [2.45, 2.75) is 42.2 Å². The van der Waals surface area contributed by atoms with Gasteiger partial charge in [0.15, 0.2) is 0 Å². The van der Waals surface area contributed by atoms with Crippen molar-refractivity contribution in [1.82, 2.24) is 0 Å². The largest absolute Gasteiger partial charge is 0.274 e. The predicted molar refractivity (Wildman–Crippen MR) is 199 cm³/mol. The van der Waals surface area contributed by atoms with Crippen molar-refractivity contribution >= 4 is 70.3 Å². The minimum Gasteiger partial charge on any atom is -0.274 e. The minimum absolute atomic E-state index is 0.0448. The van der Waals surface area contributed by atoms with Crippen molar-refractivity contribution in [2.24, 2.45) is 47.3 Å². The number of rotatable bonds is 8. The molecule has 10 rings (SSSR count). The molecule has 4 amide bonds. The van der Waals surface area contributed by atoms with Crippen molar-refractivity contribution in [3.8, 4) is 0 Å². The van der Waals surface area contributed by atoms with Crippen molar-refractivity contribution in [3.05, 3.63) is 121 Å². The summed E-state index contributed by atoms with van der Waals surface area (Å²) in [5.41, 5.74) is 1.33. The third-order valence-electron chi connectivity index (χ3n) is 11.5. The van der Waals surface area contributed by atoms with Gasteiger partial charge in [-0.3, -0.25) is 29.0 Å². The maximum absolute atomic E-state index is 13.2. The van der Waals surface area contributed by atoms with E-state index in [0.29, 0.717) is 11.4 Å². The van der Waals surface area contributed by atoms with Gasteiger partial charge in [0, 0.05) is 29.4 Å². The number of hydrogen-bond acceptors (Lipinski definition) is 7. The van der Waals surface area contributed by atoms with Gasteiger partial charge in [0.05, 0.1) is 35.0 Å². The lowest BCUT2D eigenvalue weighted by Crippen LogP contribution is -2.32. The summed E-state index contributed by atoms with van der Waals surface area (Å²) in [6, 6.07) is 32.4. The van der Waals surface area contributed by atoms with Crippen LogP contribution in [0.25, 0.3) is 0 Å². The smallest absolute Gasteiger partial charge is 0.238 e. The second kappa shape index (κ2) is 12.1. The first-order valence-electron chi connectivity index (χ1n) is 17.5. The summed E-state index contributed by atoms with van der Waals surface area (Å²) >= 11 is 5.01. The second-order valence-corrected chi connectivity index (χ2v) is 17.7. The third-order valence-corrected chi connectivity index (χ3v) is 14.5. The van der Waals surface area contributed by atoms with Crippen LogP contribution in [0.5, 0.6) is 0 Å². The summed E-state index contributed by atoms with van der Waals surface area (Å²) in [6.07, 6.45) is 10.4. The van der Waals surface area contributed by atoms with Crippen LogP contribution in [0, 0.1) is 47.3 Å². The molecule has 0 aromatic heterocycles. The molecule has 4 fully saturated rings. The zero-order chi connectivity index (χ0) is 34.4. The maximum Gasteiger partial charge on any atom is 0.238 e. The summed E-state index contributed by atoms with van der Waals surface area (Å²) in [7, 11) is 0. The lowest BCUT2D eigenvalue weighted by molar-refractivity contribution is -0.124. The molecule has 8 atom stereocenters. The Morgan fingerprint density at radius 3 is 0.804 bits per heavy atom. The van der Waals surface area contributed by atoms with Crippen molar-refractivity contribution in [1.29, 1.82) is 0 Å². The average molecular weight is 725 g/mol. The Hall–Kier alpha value is -4.31. The van der Waals surface area contributed by atoms with E-state index in [1.165, 1.54) is 9.80 Å². The highest BCUT2D eigenvalue weighted by molar-refractivity contribution is 8.00. The predicted octanol–water partition coefficient (Wildman–Crippen LogP) is 8.76. The highest BCUT2D eigenvalue weighted by Crippen LogP contribution is 2.54. The summed E-state index contributed by atoms with van der Waals surface area (Å²) in [6.45, 7) is 0. The zero-order valence-electron chi connectivity index (χ0n) is 27.3. The van der Waals surface area contributed by atoms with Crippen molar-refractivity contribution in [2.75, 3.05) is 9.80 Å². The third kappa shape index (κ3) is 5.19. The van der Waals surface area contributed by atoms with Gasteiger partial charge >= 0.3 is 0 Å². The molecule has 2 saturated heterocycles. The fourth-order valence-corrected chi connectivity index (χ4v) is 11.6. The van der Waals surface area contributed by atoms with Crippen LogP contribution in [-0.2, 0) is 19.2 Å². The van der Waals surface area contributed by atoms with E-state index >= 15 is 0 Å². The standard InChI is InChI=1S/C42H32N2O4S3/c45-39-35-23-1-2-24(21-23)36(35)40(46)43(39)27-5-9-29(10-6-27)49-31-13-17-33(18-14-31)51-34-19-15-32(16-20-34)50-30-11-7-28(8-12-30)44-41(47)37-25-3-4-26(22-25)38(37)42(44)48/h1-20,23-26,35-38H,21-22H2/t23-,24-,25-,26-,35+,36+,37+,38+/m0/s1. The summed E-state index contributed by atoms with van der Waals surface area (Å²) in [5, 5.41) is 0. The monoisotopic (exact) mass is 724 g/mol. The van der Waals surface area contributed by atoms with Crippen LogP contribution >= 0.6 is 35.3 Å². The molecule has 9 heteroatoms. The molecule has 0 unspecified atom stereocenters. The van der Waals surface area contributed by atoms with Gasteiger partial charge in [-0.1, -0.05) is 59.6 Å². The molecule has 4 aliphatic carbocycles. The molecule has 4 bridgehead atoms. The van der Waals surface area contributed by atoms with Gasteiger partial charge in [-0.2, -0.15) is 0 Å². The lowest BCUT2D eigenvalue weighted by atomic mass is 9.85. The van der Waals surface area contributed by atoms with Gasteiger partial charge in [0.1, 0.15) is 0 Å². The van der Waals surface area contributed by atoms with E-state index in [0.717, 1.165) is 42.2 Å². The van der Waals surface area contributed by atoms with Crippen molar-refractivity contribution < 1.29 is 19.2 Å². The van der Waals surface area contributed by atoms with E-state index < -0.39 is 0 Å². The topological polar surface area (TPSA) is 74.8 Å². The number of carbonyl (C=O) groups is 4. The highest BCUT2D eigenvalue weighted by Gasteiger charge is 2.60. The summed E-state index contributed by atoms with van der Waals surface area (Å²) < 4.78 is 0. The Balaban J connectivity index is 0.736. The molecule has 4 aromatic rings. The molecule has 6 nitrogen and oxygen atoms in total. The number of anilines is 2. The number of hydrogen-bond donors (Lipinski definition) is 0. The fraction of sp³-hybridized carbons (Fsp3) is 0.238. The number of allylic oxidation sites excluding steroid dienone is 4. The number of carbonyl (C=O) groups excluding carboxylic acids is 4. The van der Waals surface area contributed by atoms with Crippen LogP contribution in [0.4, 0.5) is 11.4 Å². The molecular formula is C42H32N2O4S3. The Labute approximate surface area is 308 Å². The Morgan fingerprint density at radius 2 is 0.569 bits per heavy atom. The molecule has 0 spiro atoms. The van der Waals surface area contributed by atoms with E-state index in [1.54, 1.807) is 35.3 Å². The van der Waals surface area contributed by atoms with Gasteiger partial charge < -0.3 is 0 Å². The molecule has 51 heavy (non-hydrogen) atoms. The molecule has 2 saturated carbocycles. The maximum atomic E-state index is 13.2. The Bertz CT molecular complexity index is 1950. The lowest BCUT2D eigenvalue weighted by Gasteiger charge is -2.17. The van der Waals surface area contributed by atoms with Gasteiger partial charge in [-0.05, 0) is 134 Å². The molecule has 2 aliphatic heterocycles. The van der Waals surface area contributed by atoms with E-state index in [4.69, 9.17) is 0 Å². The molecule has 252 valence electrons. The average Bonchev–Trinajstić information content (AvgIpc) is 4.01. The van der Waals surface area contributed by atoms with Crippen LogP contribution in [0.15, 0.2) is 151 Å². The van der Waals surface area contributed by atoms with Gasteiger partial charge in [-0.15, -0.1) is 0 Å². The number of nitrogens with zero attached hydrogens (tertiary/aromatic N) is 2. The number of benzene rings is 4. The van der Waals surface area contributed by atoms with Crippen LogP contribution in [0.3, 0.4) is 0 Å². The number of fused-ring (bicyclic) bond motifs is 10. The molecule has 0 N–H and O–H groups in total. The first kappa shape index (κ1) is 31.4. The SMILES string of the molecule is O=C1[C@H]2[C@H](C(=O)N1c1ccc(Sc3ccc(Sc4ccc(Sc5ccc(N6C(=O)[C@H]7[C@H](C6=O)[C@H]6C=C[C@H]7C6)cc5)cc4)cc3)cc1)[C@H]1C=C[C@H]2C1. The molecule has 2 heterocycles. The zero-order valence-corrected chi connectivity index (χ0v) is 29.8. The minimum atomic E-state index is -0.185. The van der Waals surface area contributed by atoms with Crippen LogP contribution in [0.2, 0.25) is 0 Å². The normalized spacial score (nSPS) is 29.6. The van der Waals surface area contributed by atoms with Gasteiger partial charge in [0.2, 0.25) is 23.6 Å². The van der Waals surface area contributed by atoms with Crippen LogP contribution < -0.4 is 9.80 Å². The quantitative estimate of drug-likeness (QED) is 0.133. The van der Waals surface area contributed by atoms with Crippen molar-refractivity contribution in [3.63, 3.8) is 0 Å². The Morgan fingerprint density at radius 1 is 0.353 bits per heavy atom. The van der Waals surface area contributed by atoms with Gasteiger partial charge in [-0.25, -0.2) is 0 Å². The van der Waals surface area contributed by atoms with E-state index in [2.05, 4.69) is 72.8 Å². The summed E-state index contributed by atoms with van der Waals surface area (Å²) in [5.74, 6) is -0.0722. The second-order valence-electron chi connectivity index (χ2n) is 14.3. The molecule has 0 radical (unpaired) electrons. The van der Waals surface area contributed by atoms with E-state index in [9.17, 15) is 19.2 Å². The number of imide groups is 2. The molecule has 6 aliphatic rings. The first-order chi connectivity index (χ1) is 24.9. The molecular weight excluding hydrogens is 693 g/mol. The first-order valence-corrected chi connectivity index (χ1v) is 19.9. The highest BCUT2D eigenvalue weighted by atomic mass is 32.2. The van der Waals surface area contributed by atoms with E-state index in [1.807, 2.05) is 48.5 Å². The van der Waals surface area contributed by atoms with Crippen LogP contribution in [0.1, 0.15) is 12.8 Å². The molecule has 4 aromatic carbocycles. The summed E-state index contributed by atoms with van der Waals surface area (Å²) in [4.78, 5) is 62.1. The van der Waals surface area contributed by atoms with E-state index in [-0.39, 0.29) is 71.0 Å². The Kier molecular flexibility index (Phi) is 7.48. The van der Waals surface area contributed by atoms with Gasteiger partial charge in [0.25, 0.3) is 0 Å². The fourth-order valence-electron chi connectivity index (χ4n) is 9.20. The number of amides is 4. The van der Waals surface area contributed by atoms with Crippen LogP contribution in [-0.4, -0.2) is 23.6 Å².